The molecule has 142 valence electrons. The number of aryl methyl sites for hydroxylation is 1. The fraction of sp³-hybridized carbons (Fsp3) is 0.0526. The van der Waals surface area contributed by atoms with Crippen molar-refractivity contribution in [2.75, 3.05) is 5.73 Å². The molecule has 0 fully saturated rings. The molecule has 0 aliphatic heterocycles. The fourth-order valence-corrected chi connectivity index (χ4v) is 2.31. The lowest BCUT2D eigenvalue weighted by atomic mass is 10.1. The Bertz CT molecular complexity index is 1150. The van der Waals surface area contributed by atoms with E-state index in [-0.39, 0.29) is 28.8 Å². The zero-order valence-electron chi connectivity index (χ0n) is 14.8. The molecule has 4 rings (SSSR count). The largest absolute Gasteiger partial charge is 0.504 e. The van der Waals surface area contributed by atoms with Gasteiger partial charge in [-0.25, -0.2) is 19.9 Å². The minimum Gasteiger partial charge on any atom is -0.504 e. The molecule has 2 aromatic heterocycles. The third-order valence-corrected chi connectivity index (χ3v) is 3.78. The van der Waals surface area contributed by atoms with Gasteiger partial charge in [0.15, 0.2) is 34.5 Å². The maximum atomic E-state index is 9.47. The van der Waals surface area contributed by atoms with Crippen LogP contribution in [0.4, 0.5) is 5.82 Å². The molecule has 2 aromatic carbocycles. The highest BCUT2D eigenvalue weighted by molar-refractivity contribution is 5.82. The van der Waals surface area contributed by atoms with Gasteiger partial charge in [-0.05, 0) is 42.8 Å². The Morgan fingerprint density at radius 2 is 1.46 bits per heavy atom. The van der Waals surface area contributed by atoms with Crippen molar-refractivity contribution < 1.29 is 20.4 Å². The van der Waals surface area contributed by atoms with Gasteiger partial charge in [-0.1, -0.05) is 6.07 Å². The molecule has 9 nitrogen and oxygen atoms in total. The van der Waals surface area contributed by atoms with Gasteiger partial charge in [-0.3, -0.25) is 0 Å². The Kier molecular flexibility index (Phi) is 5.07. The SMILES string of the molecule is Cc1ccc(O)c(O)c1.Nc1ncnc2nc(-c3ccc(O)c(O)c3)cnc12. The number of nitrogens with two attached hydrogens (primary N) is 1. The summed E-state index contributed by atoms with van der Waals surface area (Å²) in [4.78, 5) is 16.3. The molecule has 0 saturated heterocycles. The van der Waals surface area contributed by atoms with Crippen LogP contribution in [0.1, 0.15) is 5.56 Å². The van der Waals surface area contributed by atoms with E-state index in [1.54, 1.807) is 12.1 Å². The molecule has 28 heavy (non-hydrogen) atoms. The summed E-state index contributed by atoms with van der Waals surface area (Å²) in [7, 11) is 0. The van der Waals surface area contributed by atoms with Crippen LogP contribution in [-0.4, -0.2) is 40.4 Å². The lowest BCUT2D eigenvalue weighted by molar-refractivity contribution is 0.403. The molecule has 0 unspecified atom stereocenters. The van der Waals surface area contributed by atoms with Crippen LogP contribution in [0.3, 0.4) is 0 Å². The zero-order valence-corrected chi connectivity index (χ0v) is 14.8. The van der Waals surface area contributed by atoms with Crippen molar-refractivity contribution >= 4 is 17.0 Å². The summed E-state index contributed by atoms with van der Waals surface area (Å²) < 4.78 is 0. The first-order valence-electron chi connectivity index (χ1n) is 8.09. The minimum absolute atomic E-state index is 0.0602. The summed E-state index contributed by atoms with van der Waals surface area (Å²) >= 11 is 0. The summed E-state index contributed by atoms with van der Waals surface area (Å²) in [6, 6.07) is 9.10. The molecule has 0 aliphatic rings. The predicted molar refractivity (Wildman–Crippen MR) is 103 cm³/mol. The second-order valence-corrected chi connectivity index (χ2v) is 5.88. The molecule has 0 aliphatic carbocycles. The zero-order chi connectivity index (χ0) is 20.3. The minimum atomic E-state index is -0.221. The number of phenolic OH excluding ortho intramolecular Hbond substituents is 4. The number of benzene rings is 2. The van der Waals surface area contributed by atoms with Crippen LogP contribution in [0.25, 0.3) is 22.4 Å². The molecule has 0 amide bonds. The average molecular weight is 379 g/mol. The number of fused-ring (bicyclic) bond motifs is 1. The maximum absolute atomic E-state index is 9.47. The second kappa shape index (κ2) is 7.62. The highest BCUT2D eigenvalue weighted by Crippen LogP contribution is 2.30. The number of aromatic nitrogens is 4. The van der Waals surface area contributed by atoms with Gasteiger partial charge < -0.3 is 26.2 Å². The number of aromatic hydroxyl groups is 4. The molecule has 0 radical (unpaired) electrons. The smallest absolute Gasteiger partial charge is 0.184 e. The van der Waals surface area contributed by atoms with Crippen molar-refractivity contribution in [2.24, 2.45) is 0 Å². The monoisotopic (exact) mass is 379 g/mol. The molecule has 2 heterocycles. The van der Waals surface area contributed by atoms with Crippen molar-refractivity contribution in [3.8, 4) is 34.3 Å². The summed E-state index contributed by atoms with van der Waals surface area (Å²) in [5.41, 5.74) is 8.52. The number of nitrogens with zero attached hydrogens (tertiary/aromatic N) is 4. The number of phenols is 4. The van der Waals surface area contributed by atoms with E-state index < -0.39 is 0 Å². The van der Waals surface area contributed by atoms with Gasteiger partial charge in [0.25, 0.3) is 0 Å². The Balaban J connectivity index is 0.000000211. The maximum Gasteiger partial charge on any atom is 0.184 e. The first kappa shape index (κ1) is 18.6. The molecule has 4 aromatic rings. The number of rotatable bonds is 1. The third kappa shape index (κ3) is 3.98. The number of nitrogen functional groups attached to an aromatic ring is 1. The summed E-state index contributed by atoms with van der Waals surface area (Å²) in [5.74, 6) is -0.279. The molecule has 6 N–H and O–H groups in total. The topological polar surface area (TPSA) is 158 Å². The van der Waals surface area contributed by atoms with E-state index in [4.69, 9.17) is 15.9 Å². The highest BCUT2D eigenvalue weighted by atomic mass is 16.3. The van der Waals surface area contributed by atoms with Crippen molar-refractivity contribution in [3.05, 3.63) is 54.5 Å². The van der Waals surface area contributed by atoms with Gasteiger partial charge in [0.05, 0.1) is 11.9 Å². The van der Waals surface area contributed by atoms with Crippen LogP contribution in [0.5, 0.6) is 23.0 Å². The number of hydrogen-bond donors (Lipinski definition) is 5. The quantitative estimate of drug-likeness (QED) is 0.313. The summed E-state index contributed by atoms with van der Waals surface area (Å²) in [5, 5.41) is 36.4. The van der Waals surface area contributed by atoms with Gasteiger partial charge in [-0.2, -0.15) is 0 Å². The Hall–Kier alpha value is -4.14. The van der Waals surface area contributed by atoms with Crippen LogP contribution < -0.4 is 5.73 Å². The lowest BCUT2D eigenvalue weighted by Gasteiger charge is -2.04. The number of hydrogen-bond acceptors (Lipinski definition) is 9. The second-order valence-electron chi connectivity index (χ2n) is 5.88. The molecule has 0 bridgehead atoms. The standard InChI is InChI=1S/C12H9N5O2.C7H8O2/c13-11-10-12(16-5-15-11)17-7(4-14-10)6-1-2-8(18)9(19)3-6;1-5-2-3-6(8)7(9)4-5/h1-5,18-19H,(H2,13,15,16,17);2-4,8-9H,1H3. The van der Waals surface area contributed by atoms with Crippen LogP contribution in [0.2, 0.25) is 0 Å². The van der Waals surface area contributed by atoms with Crippen molar-refractivity contribution in [1.29, 1.82) is 0 Å². The third-order valence-electron chi connectivity index (χ3n) is 3.78. The molecular formula is C19H17N5O4. The first-order chi connectivity index (χ1) is 13.3. The Labute approximate surface area is 159 Å². The Morgan fingerprint density at radius 1 is 0.786 bits per heavy atom. The van der Waals surface area contributed by atoms with Crippen LogP contribution >= 0.6 is 0 Å². The summed E-state index contributed by atoms with van der Waals surface area (Å²) in [6.07, 6.45) is 2.82. The van der Waals surface area contributed by atoms with Gasteiger partial charge in [0.2, 0.25) is 0 Å². The molecular weight excluding hydrogens is 362 g/mol. The van der Waals surface area contributed by atoms with E-state index in [9.17, 15) is 10.2 Å². The van der Waals surface area contributed by atoms with Crippen LogP contribution in [-0.2, 0) is 0 Å². The van der Waals surface area contributed by atoms with Crippen molar-refractivity contribution in [1.82, 2.24) is 19.9 Å². The van der Waals surface area contributed by atoms with Crippen molar-refractivity contribution in [3.63, 3.8) is 0 Å². The lowest BCUT2D eigenvalue weighted by Crippen LogP contribution is -1.98. The van der Waals surface area contributed by atoms with Gasteiger partial charge >= 0.3 is 0 Å². The fourth-order valence-electron chi connectivity index (χ4n) is 2.31. The van der Waals surface area contributed by atoms with Gasteiger partial charge in [-0.15, -0.1) is 0 Å². The van der Waals surface area contributed by atoms with E-state index in [1.165, 1.54) is 36.8 Å². The average Bonchev–Trinajstić information content (AvgIpc) is 2.68. The van der Waals surface area contributed by atoms with Crippen LogP contribution in [0, 0.1) is 6.92 Å². The van der Waals surface area contributed by atoms with Gasteiger partial charge in [0.1, 0.15) is 11.8 Å². The van der Waals surface area contributed by atoms with E-state index in [1.807, 2.05) is 6.92 Å². The molecule has 9 heteroatoms. The van der Waals surface area contributed by atoms with Crippen molar-refractivity contribution in [2.45, 2.75) is 6.92 Å². The molecule has 0 saturated carbocycles. The first-order valence-corrected chi connectivity index (χ1v) is 8.09. The van der Waals surface area contributed by atoms with E-state index in [0.717, 1.165) is 5.56 Å². The predicted octanol–water partition coefficient (Wildman–Crippen LogP) is 2.49. The highest BCUT2D eigenvalue weighted by Gasteiger charge is 2.08. The van der Waals surface area contributed by atoms with E-state index in [2.05, 4.69) is 19.9 Å². The summed E-state index contributed by atoms with van der Waals surface area (Å²) in [6.45, 7) is 1.85. The number of anilines is 1. The molecule has 0 spiro atoms. The van der Waals surface area contributed by atoms with E-state index in [0.29, 0.717) is 22.4 Å². The Morgan fingerprint density at radius 3 is 2.11 bits per heavy atom. The van der Waals surface area contributed by atoms with E-state index >= 15 is 0 Å². The normalized spacial score (nSPS) is 10.3. The van der Waals surface area contributed by atoms with Crippen LogP contribution in [0.15, 0.2) is 48.9 Å². The van der Waals surface area contributed by atoms with Gasteiger partial charge in [0, 0.05) is 5.56 Å². The molecule has 0 atom stereocenters.